The first kappa shape index (κ1) is 18.7. The van der Waals surface area contributed by atoms with E-state index in [1.807, 2.05) is 61.5 Å². The molecule has 0 saturated carbocycles. The van der Waals surface area contributed by atoms with Gasteiger partial charge in [0.2, 0.25) is 0 Å². The molecule has 0 radical (unpaired) electrons. The number of anilines is 1. The SMILES string of the molecule is CC1Cc2ccccc2N1C(=O)COC(=O)c1ccc(Oc2ccccc2)cc1. The number of hydrogen-bond acceptors (Lipinski definition) is 4. The summed E-state index contributed by atoms with van der Waals surface area (Å²) in [7, 11) is 0. The molecule has 1 aliphatic heterocycles. The van der Waals surface area contributed by atoms with Crippen molar-refractivity contribution in [2.24, 2.45) is 0 Å². The third-order valence-corrected chi connectivity index (χ3v) is 4.87. The minimum Gasteiger partial charge on any atom is -0.457 e. The quantitative estimate of drug-likeness (QED) is 0.600. The molecular weight excluding hydrogens is 366 g/mol. The van der Waals surface area contributed by atoms with Gasteiger partial charge in [-0.3, -0.25) is 4.79 Å². The lowest BCUT2D eigenvalue weighted by molar-refractivity contribution is -0.122. The van der Waals surface area contributed by atoms with Gasteiger partial charge in [-0.05, 0) is 61.4 Å². The van der Waals surface area contributed by atoms with E-state index in [4.69, 9.17) is 9.47 Å². The molecule has 0 N–H and O–H groups in total. The molecule has 1 unspecified atom stereocenters. The zero-order chi connectivity index (χ0) is 20.2. The second-order valence-electron chi connectivity index (χ2n) is 6.96. The fourth-order valence-corrected chi connectivity index (χ4v) is 3.51. The largest absolute Gasteiger partial charge is 0.457 e. The standard InChI is InChI=1S/C24H21NO4/c1-17-15-19-7-5-6-10-22(19)25(17)23(26)16-28-24(27)18-11-13-21(14-12-18)29-20-8-3-2-4-9-20/h2-14,17H,15-16H2,1H3. The Morgan fingerprint density at radius 1 is 0.897 bits per heavy atom. The molecule has 29 heavy (non-hydrogen) atoms. The highest BCUT2D eigenvalue weighted by Gasteiger charge is 2.31. The third-order valence-electron chi connectivity index (χ3n) is 4.87. The van der Waals surface area contributed by atoms with E-state index in [9.17, 15) is 9.59 Å². The molecule has 1 atom stereocenters. The number of carbonyl (C=O) groups is 2. The van der Waals surface area contributed by atoms with Crippen LogP contribution in [0, 0.1) is 0 Å². The van der Waals surface area contributed by atoms with Gasteiger partial charge in [-0.2, -0.15) is 0 Å². The first-order valence-electron chi connectivity index (χ1n) is 9.52. The third kappa shape index (κ3) is 4.14. The molecule has 1 amide bonds. The van der Waals surface area contributed by atoms with Crippen LogP contribution >= 0.6 is 0 Å². The number of ether oxygens (including phenoxy) is 2. The van der Waals surface area contributed by atoms with Crippen molar-refractivity contribution < 1.29 is 19.1 Å². The molecular formula is C24H21NO4. The van der Waals surface area contributed by atoms with Gasteiger partial charge in [0.15, 0.2) is 6.61 Å². The van der Waals surface area contributed by atoms with Crippen LogP contribution in [0.5, 0.6) is 11.5 Å². The zero-order valence-electron chi connectivity index (χ0n) is 16.1. The van der Waals surface area contributed by atoms with E-state index in [-0.39, 0.29) is 18.6 Å². The molecule has 3 aromatic rings. The van der Waals surface area contributed by atoms with Crippen LogP contribution in [-0.4, -0.2) is 24.5 Å². The summed E-state index contributed by atoms with van der Waals surface area (Å²) in [6.07, 6.45) is 0.804. The first-order chi connectivity index (χ1) is 14.1. The number of esters is 1. The highest BCUT2D eigenvalue weighted by Crippen LogP contribution is 2.31. The Morgan fingerprint density at radius 2 is 1.55 bits per heavy atom. The van der Waals surface area contributed by atoms with Crippen molar-refractivity contribution in [2.45, 2.75) is 19.4 Å². The van der Waals surface area contributed by atoms with Gasteiger partial charge in [-0.15, -0.1) is 0 Å². The van der Waals surface area contributed by atoms with E-state index >= 15 is 0 Å². The summed E-state index contributed by atoms with van der Waals surface area (Å²) in [6.45, 7) is 1.70. The van der Waals surface area contributed by atoms with E-state index in [2.05, 4.69) is 0 Å². The molecule has 146 valence electrons. The average Bonchev–Trinajstić information content (AvgIpc) is 3.09. The molecule has 1 heterocycles. The van der Waals surface area contributed by atoms with E-state index in [1.54, 1.807) is 29.2 Å². The summed E-state index contributed by atoms with van der Waals surface area (Å²) in [6, 6.07) is 23.9. The predicted octanol–water partition coefficient (Wildman–Crippen LogP) is 4.61. The fraction of sp³-hybridized carbons (Fsp3) is 0.167. The molecule has 5 nitrogen and oxygen atoms in total. The summed E-state index contributed by atoms with van der Waals surface area (Å²) in [5.41, 5.74) is 2.39. The van der Waals surface area contributed by atoms with E-state index in [1.165, 1.54) is 0 Å². The smallest absolute Gasteiger partial charge is 0.338 e. The molecule has 0 spiro atoms. The van der Waals surface area contributed by atoms with Crippen molar-refractivity contribution in [2.75, 3.05) is 11.5 Å². The van der Waals surface area contributed by atoms with Crippen molar-refractivity contribution in [1.29, 1.82) is 0 Å². The molecule has 4 rings (SSSR count). The number of nitrogens with zero attached hydrogens (tertiary/aromatic N) is 1. The van der Waals surface area contributed by atoms with Crippen LogP contribution in [0.2, 0.25) is 0 Å². The predicted molar refractivity (Wildman–Crippen MR) is 110 cm³/mol. The zero-order valence-corrected chi connectivity index (χ0v) is 16.1. The number of hydrogen-bond donors (Lipinski definition) is 0. The maximum Gasteiger partial charge on any atom is 0.338 e. The Balaban J connectivity index is 1.35. The lowest BCUT2D eigenvalue weighted by atomic mass is 10.1. The molecule has 5 heteroatoms. The minimum absolute atomic E-state index is 0.0491. The number of amides is 1. The molecule has 0 saturated heterocycles. The Hall–Kier alpha value is -3.60. The highest BCUT2D eigenvalue weighted by atomic mass is 16.5. The summed E-state index contributed by atoms with van der Waals surface area (Å²) in [4.78, 5) is 26.7. The number of para-hydroxylation sites is 2. The second-order valence-corrected chi connectivity index (χ2v) is 6.96. The summed E-state index contributed by atoms with van der Waals surface area (Å²) >= 11 is 0. The Kier molecular flexibility index (Phi) is 5.29. The maximum atomic E-state index is 12.6. The average molecular weight is 387 g/mol. The normalized spacial score (nSPS) is 14.9. The number of fused-ring (bicyclic) bond motifs is 1. The van der Waals surface area contributed by atoms with Gasteiger partial charge >= 0.3 is 5.97 Å². The van der Waals surface area contributed by atoms with Crippen LogP contribution in [-0.2, 0) is 16.0 Å². The maximum absolute atomic E-state index is 12.6. The molecule has 0 fully saturated rings. The Morgan fingerprint density at radius 3 is 2.31 bits per heavy atom. The van der Waals surface area contributed by atoms with Crippen molar-refractivity contribution in [3.63, 3.8) is 0 Å². The van der Waals surface area contributed by atoms with Crippen LogP contribution in [0.25, 0.3) is 0 Å². The summed E-state index contributed by atoms with van der Waals surface area (Å²) < 4.78 is 11.0. The minimum atomic E-state index is -0.537. The Labute approximate surface area is 169 Å². The lowest BCUT2D eigenvalue weighted by Gasteiger charge is -2.22. The first-order valence-corrected chi connectivity index (χ1v) is 9.52. The molecule has 3 aromatic carbocycles. The van der Waals surface area contributed by atoms with E-state index in [0.29, 0.717) is 17.1 Å². The van der Waals surface area contributed by atoms with Gasteiger partial charge in [0.25, 0.3) is 5.91 Å². The topological polar surface area (TPSA) is 55.8 Å². The van der Waals surface area contributed by atoms with Crippen molar-refractivity contribution in [3.8, 4) is 11.5 Å². The molecule has 0 bridgehead atoms. The van der Waals surface area contributed by atoms with Crippen molar-refractivity contribution in [3.05, 3.63) is 90.0 Å². The highest BCUT2D eigenvalue weighted by molar-refractivity contribution is 5.99. The lowest BCUT2D eigenvalue weighted by Crippen LogP contribution is -2.38. The van der Waals surface area contributed by atoms with Crippen molar-refractivity contribution >= 4 is 17.6 Å². The van der Waals surface area contributed by atoms with Crippen molar-refractivity contribution in [1.82, 2.24) is 0 Å². The molecule has 0 aliphatic carbocycles. The number of benzene rings is 3. The second kappa shape index (κ2) is 8.19. The van der Waals surface area contributed by atoms with Crippen LogP contribution in [0.1, 0.15) is 22.8 Å². The molecule has 1 aliphatic rings. The number of carbonyl (C=O) groups excluding carboxylic acids is 2. The van der Waals surface area contributed by atoms with E-state index in [0.717, 1.165) is 17.7 Å². The molecule has 0 aromatic heterocycles. The van der Waals surface area contributed by atoms with Gasteiger partial charge in [-0.1, -0.05) is 36.4 Å². The fourth-order valence-electron chi connectivity index (χ4n) is 3.51. The van der Waals surface area contributed by atoms with Gasteiger partial charge in [-0.25, -0.2) is 4.79 Å². The van der Waals surface area contributed by atoms with Crippen LogP contribution in [0.3, 0.4) is 0 Å². The van der Waals surface area contributed by atoms with Crippen LogP contribution < -0.4 is 9.64 Å². The Bertz CT molecular complexity index is 1010. The van der Waals surface area contributed by atoms with Gasteiger partial charge in [0, 0.05) is 11.7 Å². The van der Waals surface area contributed by atoms with Gasteiger partial charge in [0.1, 0.15) is 11.5 Å². The number of rotatable bonds is 5. The van der Waals surface area contributed by atoms with E-state index < -0.39 is 5.97 Å². The summed E-state index contributed by atoms with van der Waals surface area (Å²) in [5.74, 6) is 0.573. The van der Waals surface area contributed by atoms with Gasteiger partial charge < -0.3 is 14.4 Å². The van der Waals surface area contributed by atoms with Crippen LogP contribution in [0.4, 0.5) is 5.69 Å². The van der Waals surface area contributed by atoms with Gasteiger partial charge in [0.05, 0.1) is 5.56 Å². The van der Waals surface area contributed by atoms with Crippen LogP contribution in [0.15, 0.2) is 78.9 Å². The monoisotopic (exact) mass is 387 g/mol. The summed E-state index contributed by atoms with van der Waals surface area (Å²) in [5, 5.41) is 0.